The van der Waals surface area contributed by atoms with E-state index in [1.165, 1.54) is 28.9 Å². The van der Waals surface area contributed by atoms with Gasteiger partial charge in [-0.1, -0.05) is 111 Å². The van der Waals surface area contributed by atoms with Crippen molar-refractivity contribution in [2.45, 2.75) is 188 Å². The van der Waals surface area contributed by atoms with Gasteiger partial charge in [0.15, 0.2) is 0 Å². The van der Waals surface area contributed by atoms with E-state index in [0.29, 0.717) is 70.8 Å². The minimum Gasteiger partial charge on any atom is -0.508 e. The molecule has 0 aliphatic carbocycles. The van der Waals surface area contributed by atoms with Crippen LogP contribution in [0.2, 0.25) is 0 Å². The van der Waals surface area contributed by atoms with E-state index >= 15 is 0 Å². The molecule has 9 amide bonds. The first-order chi connectivity index (χ1) is 38.3. The Balaban J connectivity index is 1.73. The Hall–Kier alpha value is -7.06. The normalized spacial score (nSPS) is 15.8. The third kappa shape index (κ3) is 22.1. The zero-order valence-electron chi connectivity index (χ0n) is 49.7. The van der Waals surface area contributed by atoms with E-state index in [1.54, 1.807) is 65.9 Å². The van der Waals surface area contributed by atoms with Gasteiger partial charge in [-0.3, -0.25) is 43.2 Å². The van der Waals surface area contributed by atoms with Gasteiger partial charge in [0, 0.05) is 52.9 Å². The zero-order valence-corrected chi connectivity index (χ0v) is 49.7. The van der Waals surface area contributed by atoms with Crippen molar-refractivity contribution in [3.05, 3.63) is 65.7 Å². The summed E-state index contributed by atoms with van der Waals surface area (Å²) in [6.07, 6.45) is 4.99. The van der Waals surface area contributed by atoms with E-state index in [1.807, 2.05) is 51.1 Å². The van der Waals surface area contributed by atoms with Crippen molar-refractivity contribution in [3.63, 3.8) is 0 Å². The van der Waals surface area contributed by atoms with Gasteiger partial charge in [-0.25, -0.2) is 4.79 Å². The van der Waals surface area contributed by atoms with Crippen molar-refractivity contribution in [1.82, 2.24) is 41.3 Å². The fourth-order valence-corrected chi connectivity index (χ4v) is 9.76. The van der Waals surface area contributed by atoms with Crippen molar-refractivity contribution in [2.24, 2.45) is 29.4 Å². The van der Waals surface area contributed by atoms with E-state index in [-0.39, 0.29) is 55.7 Å². The summed E-state index contributed by atoms with van der Waals surface area (Å²) in [7, 11) is 4.27. The molecule has 3 rings (SSSR count). The standard InChI is InChI=1S/C60H93N9O12/c1-12-40(8)53(66-55(75)46(35-37(2)3)67(9)50(73)26-17-14-18-33-62-49(72)25-19-23-41-27-29-43(70)30-28-41)57(77)64-51(38(4)5)56(76)63-44(31-32-48(61)71)54(74)65-52(39(6)7)59(79)68(10)47(36-42-21-15-13-16-22-42)58(78)69-34-20-24-45(69)60(80)81-11/h13,15-16,21-22,27-30,37-40,44-47,51-53,70H,12,14,17-20,23-26,31-36H2,1-11H3,(H2,61,71)(H,62,72)(H,63,76)(H,64,77)(H,65,74)(H,66,75)/t40-,44-,45-,46-,47+,51+,52-,53-/m0/s1. The van der Waals surface area contributed by atoms with Crippen LogP contribution in [0.4, 0.5) is 0 Å². The highest BCUT2D eigenvalue weighted by Gasteiger charge is 2.42. The molecule has 1 aliphatic heterocycles. The highest BCUT2D eigenvalue weighted by Crippen LogP contribution is 2.24. The maximum absolute atomic E-state index is 14.6. The quantitative estimate of drug-likeness (QED) is 0.0386. The Kier molecular flexibility index (Phi) is 28.9. The first-order valence-corrected chi connectivity index (χ1v) is 28.8. The van der Waals surface area contributed by atoms with Crippen molar-refractivity contribution in [3.8, 4) is 5.75 Å². The molecule has 450 valence electrons. The predicted molar refractivity (Wildman–Crippen MR) is 307 cm³/mol. The molecule has 0 spiro atoms. The van der Waals surface area contributed by atoms with Crippen LogP contribution >= 0.6 is 0 Å². The second-order valence-corrected chi connectivity index (χ2v) is 22.6. The predicted octanol–water partition coefficient (Wildman–Crippen LogP) is 4.06. The number of rotatable bonds is 34. The van der Waals surface area contributed by atoms with E-state index in [9.17, 15) is 53.1 Å². The van der Waals surface area contributed by atoms with Crippen LogP contribution in [-0.4, -0.2) is 156 Å². The summed E-state index contributed by atoms with van der Waals surface area (Å²) in [5.74, 6) is -6.92. The number of phenols is 1. The fourth-order valence-electron chi connectivity index (χ4n) is 9.76. The monoisotopic (exact) mass is 1130 g/mol. The van der Waals surface area contributed by atoms with Gasteiger partial charge in [-0.15, -0.1) is 0 Å². The number of esters is 1. The van der Waals surface area contributed by atoms with E-state index < -0.39 is 107 Å². The number of nitrogens with zero attached hydrogens (tertiary/aromatic N) is 3. The summed E-state index contributed by atoms with van der Waals surface area (Å²) in [5.41, 5.74) is 7.31. The number of aryl methyl sites for hydroxylation is 1. The molecule has 1 fully saturated rings. The van der Waals surface area contributed by atoms with Gasteiger partial charge in [0.1, 0.15) is 48.0 Å². The fraction of sp³-hybridized carbons (Fsp3) is 0.633. The number of aromatic hydroxyl groups is 1. The lowest BCUT2D eigenvalue weighted by Gasteiger charge is -2.36. The molecule has 1 saturated heterocycles. The maximum Gasteiger partial charge on any atom is 0.328 e. The third-order valence-electron chi connectivity index (χ3n) is 15.0. The number of nitrogens with one attached hydrogen (secondary N) is 5. The molecule has 8 N–H and O–H groups in total. The van der Waals surface area contributed by atoms with Gasteiger partial charge in [-0.2, -0.15) is 0 Å². The molecule has 8 atom stereocenters. The number of likely N-dealkylation sites (tertiary alicyclic amines) is 1. The lowest BCUT2D eigenvalue weighted by Crippen LogP contribution is -2.62. The van der Waals surface area contributed by atoms with Gasteiger partial charge < -0.3 is 56.9 Å². The summed E-state index contributed by atoms with van der Waals surface area (Å²) in [6.45, 7) is 15.0. The van der Waals surface area contributed by atoms with Crippen molar-refractivity contribution in [2.75, 3.05) is 34.3 Å². The number of methoxy groups -OCH3 is 1. The minimum absolute atomic E-state index is 0.0110. The zero-order chi connectivity index (χ0) is 60.5. The molecule has 1 aliphatic rings. The molecule has 0 unspecified atom stereocenters. The van der Waals surface area contributed by atoms with Crippen LogP contribution in [0.5, 0.6) is 5.75 Å². The van der Waals surface area contributed by atoms with E-state index in [4.69, 9.17) is 10.5 Å². The first kappa shape index (κ1) is 68.2. The van der Waals surface area contributed by atoms with Gasteiger partial charge in [-0.05, 0) is 98.3 Å². The molecule has 0 bridgehead atoms. The number of likely N-dealkylation sites (N-methyl/N-ethyl adjacent to an activating group) is 2. The lowest BCUT2D eigenvalue weighted by molar-refractivity contribution is -0.154. The lowest BCUT2D eigenvalue weighted by atomic mass is 9.95. The molecule has 2 aromatic rings. The average molecular weight is 1130 g/mol. The molecule has 0 saturated carbocycles. The van der Waals surface area contributed by atoms with Gasteiger partial charge in [0.05, 0.1) is 7.11 Å². The number of hydrogen-bond acceptors (Lipinski definition) is 12. The number of nitrogens with two attached hydrogens (primary N) is 1. The molecule has 21 heteroatoms. The second-order valence-electron chi connectivity index (χ2n) is 22.6. The summed E-state index contributed by atoms with van der Waals surface area (Å²) in [6, 6.07) is 8.05. The van der Waals surface area contributed by atoms with Crippen molar-refractivity contribution >= 4 is 59.1 Å². The number of carbonyl (C=O) groups excluding carboxylic acids is 10. The molecule has 0 radical (unpaired) electrons. The molecular formula is C60H93N9O12. The van der Waals surface area contributed by atoms with Crippen LogP contribution in [0.3, 0.4) is 0 Å². The largest absolute Gasteiger partial charge is 0.508 e. The summed E-state index contributed by atoms with van der Waals surface area (Å²) in [4.78, 5) is 141. The van der Waals surface area contributed by atoms with Crippen LogP contribution in [0.25, 0.3) is 0 Å². The Labute approximate surface area is 479 Å². The molecular weight excluding hydrogens is 1040 g/mol. The smallest absolute Gasteiger partial charge is 0.328 e. The Morgan fingerprint density at radius 1 is 0.691 bits per heavy atom. The minimum atomic E-state index is -1.43. The Bertz CT molecular complexity index is 2400. The number of primary amides is 1. The summed E-state index contributed by atoms with van der Waals surface area (Å²) in [5, 5.41) is 23.5. The first-order valence-electron chi connectivity index (χ1n) is 28.8. The van der Waals surface area contributed by atoms with Crippen LogP contribution < -0.4 is 32.3 Å². The van der Waals surface area contributed by atoms with Crippen LogP contribution in [-0.2, 0) is 65.5 Å². The molecule has 81 heavy (non-hydrogen) atoms. The average Bonchev–Trinajstić information content (AvgIpc) is 3.93. The topological polar surface area (TPSA) is 296 Å². The van der Waals surface area contributed by atoms with E-state index in [0.717, 1.165) is 11.1 Å². The van der Waals surface area contributed by atoms with Gasteiger partial charge in [0.25, 0.3) is 0 Å². The van der Waals surface area contributed by atoms with Crippen LogP contribution in [0.1, 0.15) is 144 Å². The second kappa shape index (κ2) is 34.3. The summed E-state index contributed by atoms with van der Waals surface area (Å²) < 4.78 is 4.99. The van der Waals surface area contributed by atoms with Crippen molar-refractivity contribution < 1.29 is 57.8 Å². The Morgan fingerprint density at radius 2 is 1.31 bits per heavy atom. The highest BCUT2D eigenvalue weighted by molar-refractivity contribution is 5.98. The molecule has 21 nitrogen and oxygen atoms in total. The van der Waals surface area contributed by atoms with Crippen LogP contribution in [0.15, 0.2) is 54.6 Å². The van der Waals surface area contributed by atoms with Gasteiger partial charge in [0.2, 0.25) is 53.2 Å². The number of phenolic OH excluding ortho intramolecular Hbond substituents is 1. The SMILES string of the molecule is CC[C@H](C)[C@H](NC(=O)[C@H](CC(C)C)N(C)C(=O)CCCCCNC(=O)CCCc1ccc(O)cc1)C(=O)N[C@@H](C(=O)N[C@@H](CCC(N)=O)C(=O)N[C@H](C(=O)N(C)[C@H](Cc1ccccc1)C(=O)N1CCC[C@H]1C(=O)OC)C(C)C)C(C)C. The van der Waals surface area contributed by atoms with Crippen LogP contribution in [0, 0.1) is 23.7 Å². The maximum atomic E-state index is 14.6. The van der Waals surface area contributed by atoms with Crippen molar-refractivity contribution in [1.29, 1.82) is 0 Å². The third-order valence-corrected chi connectivity index (χ3v) is 15.0. The number of hydrogen-bond donors (Lipinski definition) is 7. The number of ether oxygens (including phenoxy) is 1. The number of carbonyl (C=O) groups is 10. The van der Waals surface area contributed by atoms with E-state index in [2.05, 4.69) is 26.6 Å². The molecule has 1 heterocycles. The summed E-state index contributed by atoms with van der Waals surface area (Å²) >= 11 is 0. The highest BCUT2D eigenvalue weighted by atomic mass is 16.5. The molecule has 2 aromatic carbocycles. The Morgan fingerprint density at radius 3 is 1.90 bits per heavy atom. The van der Waals surface area contributed by atoms with Gasteiger partial charge >= 0.3 is 5.97 Å². The number of amides is 9. The number of benzene rings is 2. The molecule has 0 aromatic heterocycles. The number of unbranched alkanes of at least 4 members (excludes halogenated alkanes) is 2.